The number of fused-ring (bicyclic) bond motifs is 2. The van der Waals surface area contributed by atoms with E-state index < -0.39 is 21.8 Å². The van der Waals surface area contributed by atoms with E-state index in [1.165, 1.54) is 16.4 Å². The number of anilines is 1. The lowest BCUT2D eigenvalue weighted by Gasteiger charge is -2.51. The van der Waals surface area contributed by atoms with Crippen LogP contribution in [0.4, 0.5) is 18.9 Å². The van der Waals surface area contributed by atoms with Crippen LogP contribution in [-0.2, 0) is 15.6 Å². The van der Waals surface area contributed by atoms with Crippen molar-refractivity contribution in [3.8, 4) is 0 Å². The molecular formula is C28H36F3N3O4S2. The Kier molecular flexibility index (Phi) is 8.23. The Balaban J connectivity index is 1.44. The van der Waals surface area contributed by atoms with E-state index in [4.69, 9.17) is 12.2 Å². The van der Waals surface area contributed by atoms with Gasteiger partial charge in [0.2, 0.25) is 10.0 Å². The summed E-state index contributed by atoms with van der Waals surface area (Å²) in [7, 11) is -3.82. The largest absolute Gasteiger partial charge is 0.421 e. The Morgan fingerprint density at radius 2 is 1.73 bits per heavy atom. The lowest BCUT2D eigenvalue weighted by molar-refractivity contribution is -0.258. The molecule has 220 valence electrons. The monoisotopic (exact) mass is 599 g/mol. The fourth-order valence-electron chi connectivity index (χ4n) is 6.57. The summed E-state index contributed by atoms with van der Waals surface area (Å²) in [5.41, 5.74) is -2.57. The molecule has 0 radical (unpaired) electrons. The maximum atomic E-state index is 13.7. The first-order chi connectivity index (χ1) is 18.8. The molecule has 7 nitrogen and oxygen atoms in total. The molecule has 0 amide bonds. The number of hydrogen-bond donors (Lipinski definition) is 2. The van der Waals surface area contributed by atoms with Gasteiger partial charge in [0, 0.05) is 55.2 Å². The number of aliphatic hydroxyl groups is 2. The zero-order valence-electron chi connectivity index (χ0n) is 22.4. The second kappa shape index (κ2) is 11.1. The molecule has 0 saturated carbocycles. The zero-order valence-corrected chi connectivity index (χ0v) is 24.1. The van der Waals surface area contributed by atoms with E-state index in [0.29, 0.717) is 42.9 Å². The van der Waals surface area contributed by atoms with Crippen LogP contribution in [-0.4, -0.2) is 89.3 Å². The van der Waals surface area contributed by atoms with Crippen molar-refractivity contribution in [2.45, 2.75) is 81.5 Å². The van der Waals surface area contributed by atoms with Gasteiger partial charge < -0.3 is 15.1 Å². The number of benzene rings is 1. The average molecular weight is 600 g/mol. The molecule has 4 aliphatic rings. The van der Waals surface area contributed by atoms with Crippen molar-refractivity contribution in [3.05, 3.63) is 53.0 Å². The zero-order chi connectivity index (χ0) is 28.9. The van der Waals surface area contributed by atoms with Crippen molar-refractivity contribution < 1.29 is 31.8 Å². The number of piperazine rings is 1. The summed E-state index contributed by atoms with van der Waals surface area (Å²) in [4.78, 5) is 4.99. The predicted molar refractivity (Wildman–Crippen MR) is 152 cm³/mol. The fraction of sp³-hybridized carbons (Fsp3) is 0.607. The Bertz CT molecular complexity index is 1270. The standard InChI is InChI=1S/C28H36F3N3O4S2/c1-27(36,28(29,30)31)19-9-11-20(12-10-19)33-14-13-32(40(37,38)26-8-3-2-7-25(26)39)17-23(33)18-34-21-5-4-6-22(34)16-24(35)15-21/h2-3,8-12,21-24,35-36H,4-7,13-18H2,1H3/t21?,22?,23-,24?,27-/m1/s1. The number of hydrogen-bond acceptors (Lipinski definition) is 7. The normalized spacial score (nSPS) is 30.2. The number of aliphatic hydroxyl groups excluding tert-OH is 1. The number of piperidine rings is 2. The number of nitrogens with zero attached hydrogens (tertiary/aromatic N) is 3. The van der Waals surface area contributed by atoms with E-state index in [2.05, 4.69) is 9.80 Å². The number of alkyl halides is 3. The van der Waals surface area contributed by atoms with Crippen LogP contribution in [0.3, 0.4) is 0 Å². The minimum Gasteiger partial charge on any atom is -0.393 e. The molecule has 3 fully saturated rings. The van der Waals surface area contributed by atoms with E-state index >= 15 is 0 Å². The van der Waals surface area contributed by atoms with E-state index in [0.717, 1.165) is 26.2 Å². The molecule has 5 rings (SSSR count). The van der Waals surface area contributed by atoms with Gasteiger partial charge in [-0.15, -0.1) is 0 Å². The highest BCUT2D eigenvalue weighted by atomic mass is 32.2. The van der Waals surface area contributed by atoms with Gasteiger partial charge in [0.15, 0.2) is 5.60 Å². The Morgan fingerprint density at radius 3 is 2.33 bits per heavy atom. The highest BCUT2D eigenvalue weighted by Gasteiger charge is 2.51. The van der Waals surface area contributed by atoms with E-state index in [1.807, 2.05) is 6.08 Å². The lowest BCUT2D eigenvalue weighted by Crippen LogP contribution is -2.62. The SMILES string of the molecule is C[C@@](O)(c1ccc(N2CCN(S(=O)(=O)C3=CC=CCC3=S)C[C@@H]2CN2C3CCCC2CC(O)C3)cc1)C(F)(F)F. The van der Waals surface area contributed by atoms with E-state index in [9.17, 15) is 31.8 Å². The molecule has 3 aliphatic heterocycles. The van der Waals surface area contributed by atoms with E-state index in [1.54, 1.807) is 24.3 Å². The third-order valence-electron chi connectivity index (χ3n) is 8.86. The summed E-state index contributed by atoms with van der Waals surface area (Å²) in [5.74, 6) is 0. The van der Waals surface area contributed by atoms with E-state index in [-0.39, 0.29) is 47.8 Å². The number of allylic oxidation sites excluding steroid dienone is 4. The number of sulfonamides is 1. The smallest absolute Gasteiger partial charge is 0.393 e. The average Bonchev–Trinajstić information content (AvgIpc) is 2.89. The van der Waals surface area contributed by atoms with Crippen LogP contribution in [0.25, 0.3) is 0 Å². The van der Waals surface area contributed by atoms with Crippen molar-refractivity contribution in [3.63, 3.8) is 0 Å². The number of thiocarbonyl (C=S) groups is 1. The van der Waals surface area contributed by atoms with Crippen LogP contribution in [0.2, 0.25) is 0 Å². The molecule has 0 spiro atoms. The van der Waals surface area contributed by atoms with Crippen molar-refractivity contribution in [2.75, 3.05) is 31.1 Å². The molecule has 12 heteroatoms. The third kappa shape index (κ3) is 5.63. The van der Waals surface area contributed by atoms with Crippen LogP contribution >= 0.6 is 12.2 Å². The van der Waals surface area contributed by atoms with Crippen molar-refractivity contribution >= 4 is 32.8 Å². The first-order valence-corrected chi connectivity index (χ1v) is 15.6. The van der Waals surface area contributed by atoms with Gasteiger partial charge in [-0.3, -0.25) is 4.90 Å². The van der Waals surface area contributed by atoms with Gasteiger partial charge in [0.1, 0.15) is 0 Å². The molecule has 40 heavy (non-hydrogen) atoms. The summed E-state index contributed by atoms with van der Waals surface area (Å²) in [5, 5.41) is 20.5. The maximum Gasteiger partial charge on any atom is 0.421 e. The molecule has 2 N–H and O–H groups in total. The summed E-state index contributed by atoms with van der Waals surface area (Å²) in [6.07, 6.45) is 4.70. The summed E-state index contributed by atoms with van der Waals surface area (Å²) < 4.78 is 69.0. The summed E-state index contributed by atoms with van der Waals surface area (Å²) in [6, 6.07) is 5.84. The molecular weight excluding hydrogens is 563 g/mol. The van der Waals surface area contributed by atoms with Crippen LogP contribution in [0, 0.1) is 0 Å². The molecule has 0 aromatic heterocycles. The molecule has 1 aliphatic carbocycles. The topological polar surface area (TPSA) is 84.3 Å². The molecule has 2 bridgehead atoms. The molecule has 3 heterocycles. The fourth-order valence-corrected chi connectivity index (χ4v) is 8.64. The molecule has 1 aromatic rings. The van der Waals surface area contributed by atoms with Crippen molar-refractivity contribution in [2.24, 2.45) is 0 Å². The number of halogens is 3. The van der Waals surface area contributed by atoms with Crippen LogP contribution < -0.4 is 4.90 Å². The van der Waals surface area contributed by atoms with Gasteiger partial charge in [0.05, 0.1) is 17.1 Å². The first-order valence-electron chi connectivity index (χ1n) is 13.8. The summed E-state index contributed by atoms with van der Waals surface area (Å²) in [6.45, 7) is 2.06. The van der Waals surface area contributed by atoms with Crippen molar-refractivity contribution in [1.29, 1.82) is 0 Å². The predicted octanol–water partition coefficient (Wildman–Crippen LogP) is 3.87. The molecule has 2 unspecified atom stereocenters. The maximum absolute atomic E-state index is 13.7. The Morgan fingerprint density at radius 1 is 1.07 bits per heavy atom. The highest BCUT2D eigenvalue weighted by molar-refractivity contribution is 7.96. The van der Waals surface area contributed by atoms with Crippen LogP contribution in [0.5, 0.6) is 0 Å². The first kappa shape index (κ1) is 29.7. The quantitative estimate of drug-likeness (QED) is 0.481. The molecule has 3 saturated heterocycles. The number of rotatable bonds is 6. The van der Waals surface area contributed by atoms with Gasteiger partial charge in [-0.2, -0.15) is 17.5 Å². The second-order valence-electron chi connectivity index (χ2n) is 11.5. The van der Waals surface area contributed by atoms with Gasteiger partial charge in [-0.1, -0.05) is 42.9 Å². The Hall–Kier alpha value is -1.83. The van der Waals surface area contributed by atoms with Gasteiger partial charge in [-0.25, -0.2) is 8.42 Å². The van der Waals surface area contributed by atoms with Crippen LogP contribution in [0.15, 0.2) is 47.4 Å². The Labute approximate surface area is 239 Å². The molecule has 1 aromatic carbocycles. The second-order valence-corrected chi connectivity index (χ2v) is 13.9. The third-order valence-corrected chi connectivity index (χ3v) is 11.3. The summed E-state index contributed by atoms with van der Waals surface area (Å²) >= 11 is 5.37. The van der Waals surface area contributed by atoms with Gasteiger partial charge >= 0.3 is 6.18 Å². The minimum atomic E-state index is -4.82. The van der Waals surface area contributed by atoms with Crippen molar-refractivity contribution in [1.82, 2.24) is 9.21 Å². The minimum absolute atomic E-state index is 0.147. The highest BCUT2D eigenvalue weighted by Crippen LogP contribution is 2.40. The van der Waals surface area contributed by atoms with Gasteiger partial charge in [0.25, 0.3) is 0 Å². The lowest BCUT2D eigenvalue weighted by atomic mass is 9.82. The molecule has 4 atom stereocenters. The van der Waals surface area contributed by atoms with Gasteiger partial charge in [-0.05, 0) is 56.4 Å². The van der Waals surface area contributed by atoms with Crippen LogP contribution in [0.1, 0.15) is 51.0 Å².